The van der Waals surface area contributed by atoms with Gasteiger partial charge in [-0.05, 0) is 31.9 Å². The summed E-state index contributed by atoms with van der Waals surface area (Å²) in [5.74, 6) is 0.755. The first-order valence-corrected chi connectivity index (χ1v) is 8.71. The van der Waals surface area contributed by atoms with Gasteiger partial charge in [0.15, 0.2) is 11.7 Å². The number of nitrogens with one attached hydrogen (secondary N) is 3. The van der Waals surface area contributed by atoms with Gasteiger partial charge in [0.1, 0.15) is 0 Å². The lowest BCUT2D eigenvalue weighted by Crippen LogP contribution is -2.42. The van der Waals surface area contributed by atoms with Crippen molar-refractivity contribution in [1.82, 2.24) is 16.0 Å². The van der Waals surface area contributed by atoms with Crippen molar-refractivity contribution < 1.29 is 19.1 Å². The highest BCUT2D eigenvalue weighted by molar-refractivity contribution is 5.91. The van der Waals surface area contributed by atoms with Gasteiger partial charge in [-0.3, -0.25) is 9.79 Å². The third-order valence-electron chi connectivity index (χ3n) is 4.19. The van der Waals surface area contributed by atoms with E-state index in [1.54, 1.807) is 12.1 Å². The molecule has 1 fully saturated rings. The number of rotatable bonds is 9. The van der Waals surface area contributed by atoms with Crippen LogP contribution < -0.4 is 16.0 Å². The van der Waals surface area contributed by atoms with E-state index in [1.165, 1.54) is 6.26 Å². The van der Waals surface area contributed by atoms with Crippen LogP contribution in [0.3, 0.4) is 0 Å². The lowest BCUT2D eigenvalue weighted by Gasteiger charge is -2.24. The minimum Gasteiger partial charge on any atom is -0.459 e. The van der Waals surface area contributed by atoms with E-state index in [-0.39, 0.29) is 17.9 Å². The van der Waals surface area contributed by atoms with Crippen LogP contribution in [0, 0.1) is 5.41 Å². The van der Waals surface area contributed by atoms with Gasteiger partial charge < -0.3 is 30.2 Å². The fourth-order valence-electron chi connectivity index (χ4n) is 2.73. The summed E-state index contributed by atoms with van der Waals surface area (Å²) in [5, 5.41) is 18.4. The molecule has 0 radical (unpaired) electrons. The van der Waals surface area contributed by atoms with Crippen LogP contribution in [-0.2, 0) is 4.74 Å². The summed E-state index contributed by atoms with van der Waals surface area (Å²) in [6, 6.07) is 3.30. The van der Waals surface area contributed by atoms with E-state index in [4.69, 9.17) is 9.15 Å². The largest absolute Gasteiger partial charge is 0.459 e. The van der Waals surface area contributed by atoms with E-state index in [2.05, 4.69) is 20.9 Å². The molecule has 1 amide bonds. The molecule has 140 valence electrons. The van der Waals surface area contributed by atoms with Crippen LogP contribution in [-0.4, -0.2) is 63.0 Å². The molecular weight excluding hydrogens is 324 g/mol. The van der Waals surface area contributed by atoms with Crippen molar-refractivity contribution in [1.29, 1.82) is 0 Å². The number of guanidine groups is 1. The maximum atomic E-state index is 11.8. The summed E-state index contributed by atoms with van der Waals surface area (Å²) in [6.07, 6.45) is 3.07. The zero-order valence-electron chi connectivity index (χ0n) is 14.7. The molecule has 8 nitrogen and oxygen atoms in total. The Morgan fingerprint density at radius 3 is 2.84 bits per heavy atom. The summed E-state index contributed by atoms with van der Waals surface area (Å²) >= 11 is 0. The van der Waals surface area contributed by atoms with Crippen molar-refractivity contribution >= 4 is 11.9 Å². The molecule has 1 saturated heterocycles. The number of aliphatic hydroxyl groups excluding tert-OH is 1. The molecule has 25 heavy (non-hydrogen) atoms. The van der Waals surface area contributed by atoms with Crippen molar-refractivity contribution in [2.75, 3.05) is 46.0 Å². The van der Waals surface area contributed by atoms with Gasteiger partial charge >= 0.3 is 0 Å². The van der Waals surface area contributed by atoms with Gasteiger partial charge in [0, 0.05) is 38.3 Å². The van der Waals surface area contributed by atoms with Crippen molar-refractivity contribution in [2.24, 2.45) is 10.4 Å². The Bertz CT molecular complexity index is 539. The van der Waals surface area contributed by atoms with Crippen LogP contribution in [0.2, 0.25) is 0 Å². The van der Waals surface area contributed by atoms with E-state index in [0.29, 0.717) is 44.4 Å². The molecule has 1 aliphatic heterocycles. The predicted molar refractivity (Wildman–Crippen MR) is 94.6 cm³/mol. The van der Waals surface area contributed by atoms with Crippen LogP contribution in [0.1, 0.15) is 30.3 Å². The molecule has 1 atom stereocenters. The normalized spacial score (nSPS) is 20.5. The number of amides is 1. The van der Waals surface area contributed by atoms with Crippen molar-refractivity contribution in [3.05, 3.63) is 24.2 Å². The number of aliphatic imine (C=N–C) groups is 1. The summed E-state index contributed by atoms with van der Waals surface area (Å²) in [4.78, 5) is 16.4. The van der Waals surface area contributed by atoms with Gasteiger partial charge in [-0.2, -0.15) is 0 Å². The monoisotopic (exact) mass is 352 g/mol. The summed E-state index contributed by atoms with van der Waals surface area (Å²) in [6.45, 7) is 5.83. The quantitative estimate of drug-likeness (QED) is 0.290. The molecule has 0 bridgehead atoms. The maximum absolute atomic E-state index is 11.8. The minimum absolute atomic E-state index is 0.0788. The molecule has 2 heterocycles. The Balaban J connectivity index is 1.78. The van der Waals surface area contributed by atoms with Crippen molar-refractivity contribution in [3.8, 4) is 0 Å². The van der Waals surface area contributed by atoms with Crippen LogP contribution in [0.15, 0.2) is 27.8 Å². The number of ether oxygens (including phenoxy) is 1. The Morgan fingerprint density at radius 1 is 1.36 bits per heavy atom. The number of carbonyl (C=O) groups is 1. The molecule has 4 N–H and O–H groups in total. The second-order valence-corrected chi connectivity index (χ2v) is 6.13. The fraction of sp³-hybridized carbons (Fsp3) is 0.647. The second kappa shape index (κ2) is 10.0. The number of hydrogen-bond acceptors (Lipinski definition) is 5. The third-order valence-corrected chi connectivity index (χ3v) is 4.19. The first-order chi connectivity index (χ1) is 12.2. The SMILES string of the molecule is CCNC(=NCC1(CCO)CCOC1)NCCNC(=O)c1ccco1. The molecule has 8 heteroatoms. The van der Waals surface area contributed by atoms with Gasteiger partial charge in [-0.15, -0.1) is 0 Å². The number of hydrogen-bond donors (Lipinski definition) is 4. The first kappa shape index (κ1) is 19.3. The number of aliphatic hydroxyl groups is 1. The van der Waals surface area contributed by atoms with Crippen molar-refractivity contribution in [2.45, 2.75) is 19.8 Å². The molecule has 0 aromatic carbocycles. The summed E-state index contributed by atoms with van der Waals surface area (Å²) in [5.41, 5.74) is -0.0788. The van der Waals surface area contributed by atoms with E-state index < -0.39 is 0 Å². The second-order valence-electron chi connectivity index (χ2n) is 6.13. The molecule has 2 rings (SSSR count). The topological polar surface area (TPSA) is 108 Å². The minimum atomic E-state index is -0.237. The van der Waals surface area contributed by atoms with Crippen LogP contribution in [0.5, 0.6) is 0 Å². The van der Waals surface area contributed by atoms with Gasteiger partial charge in [0.05, 0.1) is 19.4 Å². The highest BCUT2D eigenvalue weighted by Gasteiger charge is 2.34. The molecule has 0 spiro atoms. The fourth-order valence-corrected chi connectivity index (χ4v) is 2.73. The molecule has 1 aromatic heterocycles. The number of nitrogens with zero attached hydrogens (tertiary/aromatic N) is 1. The Morgan fingerprint density at radius 2 is 2.20 bits per heavy atom. The van der Waals surface area contributed by atoms with Crippen LogP contribution >= 0.6 is 0 Å². The molecule has 0 aliphatic carbocycles. The maximum Gasteiger partial charge on any atom is 0.287 e. The van der Waals surface area contributed by atoms with E-state index in [1.807, 2.05) is 6.92 Å². The van der Waals surface area contributed by atoms with Crippen LogP contribution in [0.4, 0.5) is 0 Å². The highest BCUT2D eigenvalue weighted by atomic mass is 16.5. The first-order valence-electron chi connectivity index (χ1n) is 8.71. The number of carbonyl (C=O) groups excluding carboxylic acids is 1. The Labute approximate surface area is 148 Å². The molecule has 0 saturated carbocycles. The molecule has 1 aromatic rings. The standard InChI is InChI=1S/C17H28N4O4/c1-2-18-16(21-12-17(5-9-22)6-11-24-13-17)20-8-7-19-15(23)14-4-3-10-25-14/h3-4,10,22H,2,5-9,11-13H2,1H3,(H,19,23)(H2,18,20,21). The zero-order chi connectivity index (χ0) is 18.0. The average Bonchev–Trinajstić information content (AvgIpc) is 3.29. The number of furan rings is 1. The Hall–Kier alpha value is -2.06. The zero-order valence-corrected chi connectivity index (χ0v) is 14.7. The lowest BCUT2D eigenvalue weighted by atomic mass is 9.84. The van der Waals surface area contributed by atoms with E-state index in [9.17, 15) is 9.90 Å². The summed E-state index contributed by atoms with van der Waals surface area (Å²) < 4.78 is 10.5. The lowest BCUT2D eigenvalue weighted by molar-refractivity contribution is 0.0926. The van der Waals surface area contributed by atoms with Crippen LogP contribution in [0.25, 0.3) is 0 Å². The molecule has 1 aliphatic rings. The van der Waals surface area contributed by atoms with E-state index >= 15 is 0 Å². The average molecular weight is 352 g/mol. The third kappa shape index (κ3) is 6.06. The van der Waals surface area contributed by atoms with E-state index in [0.717, 1.165) is 19.6 Å². The van der Waals surface area contributed by atoms with Gasteiger partial charge in [-0.25, -0.2) is 0 Å². The molecular formula is C17H28N4O4. The van der Waals surface area contributed by atoms with Gasteiger partial charge in [0.25, 0.3) is 5.91 Å². The van der Waals surface area contributed by atoms with Crippen molar-refractivity contribution in [3.63, 3.8) is 0 Å². The highest BCUT2D eigenvalue weighted by Crippen LogP contribution is 2.32. The van der Waals surface area contributed by atoms with Gasteiger partial charge in [0.2, 0.25) is 0 Å². The summed E-state index contributed by atoms with van der Waals surface area (Å²) in [7, 11) is 0. The molecule has 1 unspecified atom stereocenters. The van der Waals surface area contributed by atoms with Gasteiger partial charge in [-0.1, -0.05) is 0 Å². The smallest absolute Gasteiger partial charge is 0.287 e. The predicted octanol–water partition coefficient (Wildman–Crippen LogP) is 0.354. The Kier molecular flexibility index (Phi) is 7.75.